The number of nitrogens with zero attached hydrogens (tertiary/aromatic N) is 5. The number of alkyl halides is 3. The molecule has 126 valence electrons. The molecule has 0 amide bonds. The predicted octanol–water partition coefficient (Wildman–Crippen LogP) is 1.81. The van der Waals surface area contributed by atoms with E-state index in [1.165, 1.54) is 27.9 Å². The highest BCUT2D eigenvalue weighted by Gasteiger charge is 2.41. The third-order valence-electron chi connectivity index (χ3n) is 4.03. The Morgan fingerprint density at radius 3 is 2.79 bits per heavy atom. The Labute approximate surface area is 135 Å². The first kappa shape index (κ1) is 16.3. The molecule has 0 bridgehead atoms. The molecule has 1 aliphatic heterocycles. The number of aliphatic hydroxyl groups is 1. The van der Waals surface area contributed by atoms with Crippen LogP contribution in [0.4, 0.5) is 18.9 Å². The average molecular weight is 337 g/mol. The summed E-state index contributed by atoms with van der Waals surface area (Å²) in [6.45, 7) is 0.475. The highest BCUT2D eigenvalue weighted by atomic mass is 19.4. The Morgan fingerprint density at radius 2 is 2.17 bits per heavy atom. The Balaban J connectivity index is 1.87. The summed E-state index contributed by atoms with van der Waals surface area (Å²) in [5, 5.41) is 26.9. The summed E-state index contributed by atoms with van der Waals surface area (Å²) in [5.41, 5.74) is -2.14. The van der Waals surface area contributed by atoms with Crippen LogP contribution in [0.1, 0.15) is 17.5 Å². The minimum absolute atomic E-state index is 0.0315. The van der Waals surface area contributed by atoms with Crippen LogP contribution in [0.25, 0.3) is 0 Å². The third-order valence-corrected chi connectivity index (χ3v) is 4.03. The van der Waals surface area contributed by atoms with Gasteiger partial charge >= 0.3 is 6.18 Å². The van der Waals surface area contributed by atoms with Crippen LogP contribution in [0.15, 0.2) is 30.6 Å². The quantitative estimate of drug-likeness (QED) is 0.924. The molecule has 2 heterocycles. The lowest BCUT2D eigenvalue weighted by Crippen LogP contribution is -2.38. The summed E-state index contributed by atoms with van der Waals surface area (Å²) in [5.74, 6) is 0. The number of β-amino-alcohol motifs (C(OH)–C–C–N with tert-alkyl or cyclic N) is 1. The molecule has 1 aliphatic rings. The molecule has 3 rings (SSSR count). The summed E-state index contributed by atoms with van der Waals surface area (Å²) < 4.78 is 41.3. The van der Waals surface area contributed by atoms with Gasteiger partial charge in [0.1, 0.15) is 5.60 Å². The smallest absolute Gasteiger partial charge is 0.386 e. The van der Waals surface area contributed by atoms with E-state index in [1.807, 2.05) is 0 Å². The van der Waals surface area contributed by atoms with E-state index in [4.69, 9.17) is 5.26 Å². The lowest BCUT2D eigenvalue weighted by Gasteiger charge is -2.26. The first-order chi connectivity index (χ1) is 11.3. The topological polar surface area (TPSA) is 78.0 Å². The second kappa shape index (κ2) is 5.79. The number of nitriles is 1. The number of hydrogen-bond acceptors (Lipinski definition) is 5. The molecular weight excluding hydrogens is 323 g/mol. The molecule has 1 aromatic carbocycles. The van der Waals surface area contributed by atoms with Crippen LogP contribution < -0.4 is 4.90 Å². The number of halogens is 3. The van der Waals surface area contributed by atoms with Crippen molar-refractivity contribution in [2.45, 2.75) is 24.7 Å². The molecule has 1 saturated heterocycles. The van der Waals surface area contributed by atoms with E-state index in [1.54, 1.807) is 12.3 Å². The highest BCUT2D eigenvalue weighted by molar-refractivity contribution is 5.59. The molecule has 6 nitrogen and oxygen atoms in total. The zero-order valence-electron chi connectivity index (χ0n) is 12.5. The Morgan fingerprint density at radius 1 is 1.38 bits per heavy atom. The van der Waals surface area contributed by atoms with E-state index in [9.17, 15) is 18.3 Å². The van der Waals surface area contributed by atoms with Gasteiger partial charge in [-0.1, -0.05) is 5.21 Å². The molecular formula is C15H14F3N5O. The molecule has 0 saturated carbocycles. The number of aromatic nitrogens is 3. The van der Waals surface area contributed by atoms with Gasteiger partial charge in [0, 0.05) is 25.0 Å². The molecule has 9 heteroatoms. The van der Waals surface area contributed by atoms with Crippen molar-refractivity contribution in [3.63, 3.8) is 0 Å². The van der Waals surface area contributed by atoms with Crippen LogP contribution in [-0.2, 0) is 12.7 Å². The van der Waals surface area contributed by atoms with Gasteiger partial charge in [-0.2, -0.15) is 18.4 Å². The number of rotatable bonds is 3. The van der Waals surface area contributed by atoms with Crippen LogP contribution >= 0.6 is 0 Å². The van der Waals surface area contributed by atoms with Gasteiger partial charge in [0.15, 0.2) is 0 Å². The largest absolute Gasteiger partial charge is 0.418 e. The molecule has 0 spiro atoms. The molecule has 1 aromatic heterocycles. The van der Waals surface area contributed by atoms with Gasteiger partial charge in [-0.15, -0.1) is 5.10 Å². The summed E-state index contributed by atoms with van der Waals surface area (Å²) in [6.07, 6.45) is -1.21. The lowest BCUT2D eigenvalue weighted by atomic mass is 10.0. The average Bonchev–Trinajstić information content (AvgIpc) is 3.16. The Bertz CT molecular complexity index is 768. The van der Waals surface area contributed by atoms with Crippen LogP contribution in [0.5, 0.6) is 0 Å². The highest BCUT2D eigenvalue weighted by Crippen LogP contribution is 2.39. The van der Waals surface area contributed by atoms with Crippen LogP contribution in [0, 0.1) is 11.3 Å². The normalized spacial score (nSPS) is 21.0. The SMILES string of the molecule is N#Cc1ccc(N2CCC(O)(Cn3ccnn3)C2)c(C(F)(F)F)c1. The lowest BCUT2D eigenvalue weighted by molar-refractivity contribution is -0.137. The molecule has 1 fully saturated rings. The maximum atomic E-state index is 13.3. The zero-order chi connectivity index (χ0) is 17.4. The number of anilines is 1. The van der Waals surface area contributed by atoms with Gasteiger partial charge in [-0.05, 0) is 24.6 Å². The zero-order valence-corrected chi connectivity index (χ0v) is 12.5. The van der Waals surface area contributed by atoms with E-state index in [-0.39, 0.29) is 30.9 Å². The van der Waals surface area contributed by atoms with Gasteiger partial charge in [0.25, 0.3) is 0 Å². The van der Waals surface area contributed by atoms with Gasteiger partial charge in [0.05, 0.1) is 29.9 Å². The number of hydrogen-bond donors (Lipinski definition) is 1. The van der Waals surface area contributed by atoms with Crippen LogP contribution in [-0.4, -0.2) is 38.8 Å². The summed E-state index contributed by atoms with van der Waals surface area (Å²) in [4.78, 5) is 1.49. The van der Waals surface area contributed by atoms with Crippen LogP contribution in [0.3, 0.4) is 0 Å². The third kappa shape index (κ3) is 3.19. The fourth-order valence-electron chi connectivity index (χ4n) is 2.92. The predicted molar refractivity (Wildman–Crippen MR) is 78.0 cm³/mol. The molecule has 2 aromatic rings. The molecule has 1 N–H and O–H groups in total. The maximum absolute atomic E-state index is 13.3. The van der Waals surface area contributed by atoms with Crippen molar-refractivity contribution in [3.05, 3.63) is 41.7 Å². The minimum atomic E-state index is -4.57. The minimum Gasteiger partial charge on any atom is -0.386 e. The Hall–Kier alpha value is -2.60. The Kier molecular flexibility index (Phi) is 3.93. The van der Waals surface area contributed by atoms with Gasteiger partial charge in [-0.25, -0.2) is 4.68 Å². The van der Waals surface area contributed by atoms with Crippen molar-refractivity contribution in [2.24, 2.45) is 0 Å². The van der Waals surface area contributed by atoms with Crippen molar-refractivity contribution in [3.8, 4) is 6.07 Å². The number of benzene rings is 1. The molecule has 0 radical (unpaired) electrons. The molecule has 1 unspecified atom stereocenters. The second-order valence-electron chi connectivity index (χ2n) is 5.84. The first-order valence-corrected chi connectivity index (χ1v) is 7.23. The second-order valence-corrected chi connectivity index (χ2v) is 5.84. The summed E-state index contributed by atoms with van der Waals surface area (Å²) in [6, 6.07) is 5.18. The van der Waals surface area contributed by atoms with Crippen molar-refractivity contribution in [2.75, 3.05) is 18.0 Å². The van der Waals surface area contributed by atoms with Crippen LogP contribution in [0.2, 0.25) is 0 Å². The van der Waals surface area contributed by atoms with E-state index >= 15 is 0 Å². The van der Waals surface area contributed by atoms with E-state index < -0.39 is 17.3 Å². The summed E-state index contributed by atoms with van der Waals surface area (Å²) >= 11 is 0. The van der Waals surface area contributed by atoms with E-state index in [0.717, 1.165) is 6.07 Å². The summed E-state index contributed by atoms with van der Waals surface area (Å²) in [7, 11) is 0. The van der Waals surface area contributed by atoms with E-state index in [2.05, 4.69) is 10.3 Å². The molecule has 1 atom stereocenters. The van der Waals surface area contributed by atoms with Crippen molar-refractivity contribution in [1.29, 1.82) is 5.26 Å². The fourth-order valence-corrected chi connectivity index (χ4v) is 2.92. The van der Waals surface area contributed by atoms with Gasteiger partial charge in [-0.3, -0.25) is 0 Å². The molecule has 0 aliphatic carbocycles. The fraction of sp³-hybridized carbons (Fsp3) is 0.400. The van der Waals surface area contributed by atoms with E-state index in [0.29, 0.717) is 6.42 Å². The van der Waals surface area contributed by atoms with Crippen molar-refractivity contribution in [1.82, 2.24) is 15.0 Å². The van der Waals surface area contributed by atoms with Crippen molar-refractivity contribution < 1.29 is 18.3 Å². The van der Waals surface area contributed by atoms with Gasteiger partial charge in [0.2, 0.25) is 0 Å². The maximum Gasteiger partial charge on any atom is 0.418 e. The van der Waals surface area contributed by atoms with Crippen molar-refractivity contribution >= 4 is 5.69 Å². The molecule has 24 heavy (non-hydrogen) atoms. The standard InChI is InChI=1S/C15H14F3N5O/c16-15(17,18)12-7-11(8-19)1-2-13(12)22-5-3-14(24,9-22)10-23-6-4-20-21-23/h1-2,4,6-7,24H,3,5,9-10H2. The first-order valence-electron chi connectivity index (χ1n) is 7.23. The van der Waals surface area contributed by atoms with Gasteiger partial charge < -0.3 is 10.0 Å². The monoisotopic (exact) mass is 337 g/mol.